The molecule has 0 aliphatic rings. The Labute approximate surface area is 112 Å². The highest BCUT2D eigenvalue weighted by atomic mass is 79.9. The maximum absolute atomic E-state index is 12.8. The van der Waals surface area contributed by atoms with Crippen LogP contribution in [0.5, 0.6) is 0 Å². The van der Waals surface area contributed by atoms with Crippen LogP contribution in [0.2, 0.25) is 0 Å². The molecule has 0 fully saturated rings. The molecule has 1 rings (SSSR count). The summed E-state index contributed by atoms with van der Waals surface area (Å²) in [6.07, 6.45) is -8.56. The molecule has 0 radical (unpaired) electrons. The van der Waals surface area contributed by atoms with Crippen molar-refractivity contribution >= 4 is 21.9 Å². The lowest BCUT2D eigenvalue weighted by molar-refractivity contribution is -0.142. The molecule has 1 aromatic rings. The van der Waals surface area contributed by atoms with Gasteiger partial charge in [-0.05, 0) is 27.6 Å². The van der Waals surface area contributed by atoms with Gasteiger partial charge in [-0.25, -0.2) is 13.8 Å². The number of nitrogens with zero attached hydrogens (tertiary/aromatic N) is 1. The Bertz CT molecular complexity index is 490. The van der Waals surface area contributed by atoms with E-state index in [0.717, 1.165) is 7.11 Å². The van der Waals surface area contributed by atoms with Crippen molar-refractivity contribution in [2.45, 2.75) is 19.0 Å². The molecule has 0 spiro atoms. The molecule has 0 aliphatic carbocycles. The molecule has 0 unspecified atom stereocenters. The predicted octanol–water partition coefficient (Wildman–Crippen LogP) is 3.52. The molecule has 3 nitrogen and oxygen atoms in total. The average Bonchev–Trinajstić information content (AvgIpc) is 2.26. The van der Waals surface area contributed by atoms with E-state index in [4.69, 9.17) is 0 Å². The molecule has 0 saturated carbocycles. The zero-order valence-electron chi connectivity index (χ0n) is 9.39. The van der Waals surface area contributed by atoms with Gasteiger partial charge in [-0.15, -0.1) is 0 Å². The molecule has 0 amide bonds. The van der Waals surface area contributed by atoms with Crippen LogP contribution in [0.15, 0.2) is 10.7 Å². The van der Waals surface area contributed by atoms with Crippen molar-refractivity contribution in [1.82, 2.24) is 4.98 Å². The van der Waals surface area contributed by atoms with Gasteiger partial charge in [-0.3, -0.25) is 4.79 Å². The van der Waals surface area contributed by atoms with Gasteiger partial charge in [-0.2, -0.15) is 13.2 Å². The fourth-order valence-corrected chi connectivity index (χ4v) is 1.94. The summed E-state index contributed by atoms with van der Waals surface area (Å²) in [7, 11) is 1.01. The summed E-state index contributed by atoms with van der Waals surface area (Å²) in [5.41, 5.74) is -2.59. The number of hydrogen-bond donors (Lipinski definition) is 0. The quantitative estimate of drug-likeness (QED) is 0.477. The molecule has 19 heavy (non-hydrogen) atoms. The molecule has 9 heteroatoms. The zero-order valence-corrected chi connectivity index (χ0v) is 11.0. The Balaban J connectivity index is 3.37. The maximum atomic E-state index is 12.8. The second kappa shape index (κ2) is 5.81. The van der Waals surface area contributed by atoms with Crippen LogP contribution < -0.4 is 0 Å². The maximum Gasteiger partial charge on any atom is 0.433 e. The van der Waals surface area contributed by atoms with Crippen molar-refractivity contribution in [2.75, 3.05) is 7.11 Å². The number of pyridine rings is 1. The third-order valence-electron chi connectivity index (χ3n) is 2.17. The number of rotatable bonds is 3. The number of halogens is 6. The van der Waals surface area contributed by atoms with Crippen LogP contribution in [0, 0.1) is 0 Å². The van der Waals surface area contributed by atoms with Crippen LogP contribution in [0.3, 0.4) is 0 Å². The van der Waals surface area contributed by atoms with Crippen molar-refractivity contribution in [3.8, 4) is 0 Å². The first-order valence-electron chi connectivity index (χ1n) is 4.78. The minimum atomic E-state index is -4.80. The Hall–Kier alpha value is -1.25. The number of ether oxygens (including phenoxy) is 1. The molecular formula is C10H7BrF5NO2. The molecule has 1 heterocycles. The minimum absolute atomic E-state index is 0.420. The average molecular weight is 348 g/mol. The highest BCUT2D eigenvalue weighted by Gasteiger charge is 2.35. The fraction of sp³-hybridized carbons (Fsp3) is 0.400. The number of hydrogen-bond acceptors (Lipinski definition) is 3. The monoisotopic (exact) mass is 347 g/mol. The van der Waals surface area contributed by atoms with Gasteiger partial charge < -0.3 is 4.74 Å². The number of methoxy groups -OCH3 is 1. The normalized spacial score (nSPS) is 11.8. The van der Waals surface area contributed by atoms with Gasteiger partial charge in [0.15, 0.2) is 0 Å². The first-order chi connectivity index (χ1) is 8.66. The van der Waals surface area contributed by atoms with Gasteiger partial charge in [0.25, 0.3) is 6.43 Å². The Morgan fingerprint density at radius 3 is 2.47 bits per heavy atom. The summed E-state index contributed by atoms with van der Waals surface area (Å²) in [6, 6.07) is 0.420. The summed E-state index contributed by atoms with van der Waals surface area (Å²) in [6.45, 7) is 0. The van der Waals surface area contributed by atoms with E-state index in [-0.39, 0.29) is 0 Å². The van der Waals surface area contributed by atoms with Crippen molar-refractivity contribution in [2.24, 2.45) is 0 Å². The molecule has 0 saturated heterocycles. The lowest BCUT2D eigenvalue weighted by Crippen LogP contribution is -2.14. The number of aromatic nitrogens is 1. The van der Waals surface area contributed by atoms with Crippen LogP contribution in [0.1, 0.15) is 23.2 Å². The highest BCUT2D eigenvalue weighted by Crippen LogP contribution is 2.35. The van der Waals surface area contributed by atoms with Crippen molar-refractivity contribution in [1.29, 1.82) is 0 Å². The van der Waals surface area contributed by atoms with E-state index in [9.17, 15) is 26.7 Å². The largest absolute Gasteiger partial charge is 0.469 e. The van der Waals surface area contributed by atoms with E-state index >= 15 is 0 Å². The molecule has 0 bridgehead atoms. The smallest absolute Gasteiger partial charge is 0.433 e. The van der Waals surface area contributed by atoms with Gasteiger partial charge in [0.2, 0.25) is 0 Å². The van der Waals surface area contributed by atoms with Crippen LogP contribution in [-0.2, 0) is 22.1 Å². The molecule has 0 aromatic carbocycles. The van der Waals surface area contributed by atoms with Crippen LogP contribution in [0.25, 0.3) is 0 Å². The summed E-state index contributed by atoms with van der Waals surface area (Å²) in [5.74, 6) is -0.923. The number of esters is 1. The van der Waals surface area contributed by atoms with Gasteiger partial charge in [0, 0.05) is 0 Å². The SMILES string of the molecule is COC(=O)Cc1cc(C(F)(F)F)nc(Br)c1C(F)F. The summed E-state index contributed by atoms with van der Waals surface area (Å²) in [5, 5.41) is 0. The minimum Gasteiger partial charge on any atom is -0.469 e. The second-order valence-electron chi connectivity index (χ2n) is 3.42. The Kier molecular flexibility index (Phi) is 4.83. The number of alkyl halides is 5. The molecule has 106 valence electrons. The van der Waals surface area contributed by atoms with Crippen molar-refractivity contribution in [3.63, 3.8) is 0 Å². The van der Waals surface area contributed by atoms with Gasteiger partial charge in [-0.1, -0.05) is 0 Å². The zero-order chi connectivity index (χ0) is 14.8. The molecular weight excluding hydrogens is 341 g/mol. The van der Waals surface area contributed by atoms with E-state index in [2.05, 4.69) is 25.7 Å². The van der Waals surface area contributed by atoms with E-state index in [1.54, 1.807) is 0 Å². The third-order valence-corrected chi connectivity index (χ3v) is 2.77. The molecule has 0 atom stereocenters. The molecule has 1 aromatic heterocycles. The van der Waals surface area contributed by atoms with Gasteiger partial charge >= 0.3 is 12.1 Å². The third kappa shape index (κ3) is 3.85. The number of carbonyl (C=O) groups is 1. The lowest BCUT2D eigenvalue weighted by Gasteiger charge is -2.13. The van der Waals surface area contributed by atoms with Gasteiger partial charge in [0.1, 0.15) is 10.3 Å². The van der Waals surface area contributed by atoms with Crippen molar-refractivity contribution < 1.29 is 31.5 Å². The lowest BCUT2D eigenvalue weighted by atomic mass is 10.1. The predicted molar refractivity (Wildman–Crippen MR) is 57.6 cm³/mol. The van der Waals surface area contributed by atoms with E-state index in [0.29, 0.717) is 6.07 Å². The van der Waals surface area contributed by atoms with E-state index < -0.39 is 46.4 Å². The van der Waals surface area contributed by atoms with E-state index in [1.165, 1.54) is 0 Å². The first kappa shape index (κ1) is 15.8. The van der Waals surface area contributed by atoms with Crippen LogP contribution >= 0.6 is 15.9 Å². The van der Waals surface area contributed by atoms with Gasteiger partial charge in [0.05, 0.1) is 19.1 Å². The summed E-state index contributed by atoms with van der Waals surface area (Å²) < 4.78 is 66.7. The second-order valence-corrected chi connectivity index (χ2v) is 4.17. The standard InChI is InChI=1S/C10H7BrF5NO2/c1-19-6(18)3-4-2-5(10(14,15)16)17-8(11)7(4)9(12)13/h2,9H,3H2,1H3. The van der Waals surface area contributed by atoms with Crippen molar-refractivity contribution in [3.05, 3.63) is 27.5 Å². The molecule has 0 aliphatic heterocycles. The Morgan fingerprint density at radius 1 is 1.47 bits per heavy atom. The highest BCUT2D eigenvalue weighted by molar-refractivity contribution is 9.10. The first-order valence-corrected chi connectivity index (χ1v) is 5.57. The number of carbonyl (C=O) groups excluding carboxylic acids is 1. The molecule has 0 N–H and O–H groups in total. The topological polar surface area (TPSA) is 39.2 Å². The summed E-state index contributed by atoms with van der Waals surface area (Å²) >= 11 is 2.56. The summed E-state index contributed by atoms with van der Waals surface area (Å²) in [4.78, 5) is 14.1. The van der Waals surface area contributed by atoms with E-state index in [1.807, 2.05) is 0 Å². The van der Waals surface area contributed by atoms with Crippen LogP contribution in [-0.4, -0.2) is 18.1 Å². The fourth-order valence-electron chi connectivity index (χ4n) is 1.32. The Morgan fingerprint density at radius 2 is 2.05 bits per heavy atom. The van der Waals surface area contributed by atoms with Crippen LogP contribution in [0.4, 0.5) is 22.0 Å².